The van der Waals surface area contributed by atoms with Crippen LogP contribution in [0.15, 0.2) is 42.5 Å². The molecule has 166 valence electrons. The molecule has 1 aromatic heterocycles. The predicted molar refractivity (Wildman–Crippen MR) is 123 cm³/mol. The van der Waals surface area contributed by atoms with Crippen molar-refractivity contribution in [2.24, 2.45) is 0 Å². The second-order valence-electron chi connectivity index (χ2n) is 8.68. The van der Waals surface area contributed by atoms with Crippen LogP contribution in [0.2, 0.25) is 0 Å². The summed E-state index contributed by atoms with van der Waals surface area (Å²) in [7, 11) is 0. The molecule has 2 fully saturated rings. The molecule has 2 aliphatic heterocycles. The Morgan fingerprint density at radius 2 is 1.78 bits per heavy atom. The molecule has 7 nitrogen and oxygen atoms in total. The number of aromatic nitrogens is 2. The Labute approximate surface area is 187 Å². The lowest BCUT2D eigenvalue weighted by molar-refractivity contribution is -0.135. The molecule has 1 atom stereocenters. The molecule has 7 heteroatoms. The number of para-hydroxylation sites is 3. The quantitative estimate of drug-likeness (QED) is 0.636. The standard InChI is InChI=1S/C25H28N4O3/c1-17-6-5-7-18(2)24(17)29-15-19(14-22(29)30)25-26-20-8-3-4-9-21(20)28(25)16-23(31)27-10-12-32-13-11-27/h3-9,19H,10-16H2,1-2H3/t19-/m1/s1. The maximum absolute atomic E-state index is 13.1. The minimum Gasteiger partial charge on any atom is -0.378 e. The van der Waals surface area contributed by atoms with Crippen molar-refractivity contribution in [3.05, 3.63) is 59.4 Å². The van der Waals surface area contributed by atoms with Gasteiger partial charge in [0.25, 0.3) is 0 Å². The lowest BCUT2D eigenvalue weighted by atomic mass is 10.1. The Balaban J connectivity index is 1.48. The smallest absolute Gasteiger partial charge is 0.242 e. The second-order valence-corrected chi connectivity index (χ2v) is 8.68. The Kier molecular flexibility index (Phi) is 5.43. The molecule has 0 radical (unpaired) electrons. The summed E-state index contributed by atoms with van der Waals surface area (Å²) in [5.74, 6) is 0.917. The monoisotopic (exact) mass is 432 g/mol. The SMILES string of the molecule is Cc1cccc(C)c1N1C[C@H](c2nc3ccccc3n2CC(=O)N2CCOCC2)CC1=O. The van der Waals surface area contributed by atoms with Gasteiger partial charge in [-0.25, -0.2) is 4.98 Å². The summed E-state index contributed by atoms with van der Waals surface area (Å²) >= 11 is 0. The molecule has 0 aliphatic carbocycles. The van der Waals surface area contributed by atoms with Crippen LogP contribution in [0.4, 0.5) is 5.69 Å². The third-order valence-electron chi connectivity index (χ3n) is 6.54. The number of rotatable bonds is 4. The summed E-state index contributed by atoms with van der Waals surface area (Å²) in [6, 6.07) is 14.0. The molecule has 0 spiro atoms. The van der Waals surface area contributed by atoms with E-state index in [0.29, 0.717) is 39.3 Å². The van der Waals surface area contributed by atoms with Crippen LogP contribution in [0.25, 0.3) is 11.0 Å². The summed E-state index contributed by atoms with van der Waals surface area (Å²) < 4.78 is 7.40. The highest BCUT2D eigenvalue weighted by Crippen LogP contribution is 2.36. The van der Waals surface area contributed by atoms with Crippen molar-refractivity contribution in [1.82, 2.24) is 14.5 Å². The van der Waals surface area contributed by atoms with Gasteiger partial charge < -0.3 is 19.1 Å². The molecular weight excluding hydrogens is 404 g/mol. The van der Waals surface area contributed by atoms with Gasteiger partial charge in [-0.05, 0) is 37.1 Å². The number of imidazole rings is 1. The van der Waals surface area contributed by atoms with Gasteiger partial charge in [-0.3, -0.25) is 9.59 Å². The van der Waals surface area contributed by atoms with Crippen LogP contribution in [0, 0.1) is 13.8 Å². The maximum atomic E-state index is 13.1. The Morgan fingerprint density at radius 3 is 2.53 bits per heavy atom. The van der Waals surface area contributed by atoms with E-state index in [1.165, 1.54) is 0 Å². The van der Waals surface area contributed by atoms with Gasteiger partial charge >= 0.3 is 0 Å². The molecule has 0 bridgehead atoms. The first-order chi connectivity index (χ1) is 15.5. The topological polar surface area (TPSA) is 67.7 Å². The first-order valence-corrected chi connectivity index (χ1v) is 11.2. The molecule has 3 heterocycles. The van der Waals surface area contributed by atoms with Gasteiger partial charge in [-0.1, -0.05) is 30.3 Å². The fraction of sp³-hybridized carbons (Fsp3) is 0.400. The lowest BCUT2D eigenvalue weighted by Gasteiger charge is -2.27. The molecular formula is C25H28N4O3. The Bertz CT molecular complexity index is 1160. The first-order valence-electron chi connectivity index (χ1n) is 11.2. The van der Waals surface area contributed by atoms with E-state index in [2.05, 4.69) is 0 Å². The van der Waals surface area contributed by atoms with Crippen LogP contribution in [0.3, 0.4) is 0 Å². The number of ether oxygens (including phenoxy) is 1. The van der Waals surface area contributed by atoms with Gasteiger partial charge in [0.1, 0.15) is 12.4 Å². The third kappa shape index (κ3) is 3.66. The van der Waals surface area contributed by atoms with Crippen molar-refractivity contribution in [3.63, 3.8) is 0 Å². The Hall–Kier alpha value is -3.19. The zero-order valence-corrected chi connectivity index (χ0v) is 18.6. The number of nitrogens with zero attached hydrogens (tertiary/aromatic N) is 4. The summed E-state index contributed by atoms with van der Waals surface area (Å²) in [6.45, 7) is 7.25. The summed E-state index contributed by atoms with van der Waals surface area (Å²) in [5.41, 5.74) is 4.97. The van der Waals surface area contributed by atoms with Crippen molar-refractivity contribution >= 4 is 28.5 Å². The Morgan fingerprint density at radius 1 is 1.06 bits per heavy atom. The van der Waals surface area contributed by atoms with E-state index < -0.39 is 0 Å². The van der Waals surface area contributed by atoms with Crippen molar-refractivity contribution in [2.45, 2.75) is 32.7 Å². The number of hydrogen-bond donors (Lipinski definition) is 0. The number of hydrogen-bond acceptors (Lipinski definition) is 4. The third-order valence-corrected chi connectivity index (χ3v) is 6.54. The van der Waals surface area contributed by atoms with Crippen LogP contribution in [0.1, 0.15) is 29.3 Å². The van der Waals surface area contributed by atoms with Crippen LogP contribution >= 0.6 is 0 Å². The minimum absolute atomic E-state index is 0.0635. The van der Waals surface area contributed by atoms with E-state index in [1.54, 1.807) is 0 Å². The van der Waals surface area contributed by atoms with Gasteiger partial charge in [0.2, 0.25) is 11.8 Å². The first kappa shape index (κ1) is 20.7. The van der Waals surface area contributed by atoms with E-state index in [1.807, 2.05) is 70.7 Å². The number of amides is 2. The number of carbonyl (C=O) groups excluding carboxylic acids is 2. The summed E-state index contributed by atoms with van der Waals surface area (Å²) in [5, 5.41) is 0. The van der Waals surface area contributed by atoms with Gasteiger partial charge in [-0.15, -0.1) is 0 Å². The van der Waals surface area contributed by atoms with E-state index in [4.69, 9.17) is 9.72 Å². The summed E-state index contributed by atoms with van der Waals surface area (Å²) in [4.78, 5) is 34.8. The largest absolute Gasteiger partial charge is 0.378 e. The minimum atomic E-state index is -0.0635. The van der Waals surface area contributed by atoms with E-state index in [-0.39, 0.29) is 24.3 Å². The number of benzene rings is 2. The molecule has 2 aliphatic rings. The van der Waals surface area contributed by atoms with Gasteiger partial charge in [0, 0.05) is 37.7 Å². The fourth-order valence-electron chi connectivity index (χ4n) is 4.95. The van der Waals surface area contributed by atoms with E-state index >= 15 is 0 Å². The van der Waals surface area contributed by atoms with Gasteiger partial charge in [-0.2, -0.15) is 0 Å². The molecule has 2 saturated heterocycles. The number of morpholine rings is 1. The highest BCUT2D eigenvalue weighted by molar-refractivity contribution is 5.98. The van der Waals surface area contributed by atoms with Crippen molar-refractivity contribution in [2.75, 3.05) is 37.7 Å². The van der Waals surface area contributed by atoms with Crippen molar-refractivity contribution in [1.29, 1.82) is 0 Å². The number of fused-ring (bicyclic) bond motifs is 1. The number of carbonyl (C=O) groups is 2. The zero-order chi connectivity index (χ0) is 22.2. The molecule has 5 rings (SSSR count). The highest BCUT2D eigenvalue weighted by Gasteiger charge is 2.36. The highest BCUT2D eigenvalue weighted by atomic mass is 16.5. The van der Waals surface area contributed by atoms with Crippen molar-refractivity contribution in [3.8, 4) is 0 Å². The van der Waals surface area contributed by atoms with Crippen LogP contribution in [0.5, 0.6) is 0 Å². The normalized spacial score (nSPS) is 19.2. The lowest BCUT2D eigenvalue weighted by Crippen LogP contribution is -2.42. The van der Waals surface area contributed by atoms with Crippen LogP contribution in [-0.4, -0.2) is 59.1 Å². The second kappa shape index (κ2) is 8.39. The summed E-state index contributed by atoms with van der Waals surface area (Å²) in [6.07, 6.45) is 0.392. The van der Waals surface area contributed by atoms with Crippen LogP contribution < -0.4 is 4.90 Å². The van der Waals surface area contributed by atoms with E-state index in [9.17, 15) is 9.59 Å². The van der Waals surface area contributed by atoms with Gasteiger partial charge in [0.15, 0.2) is 0 Å². The van der Waals surface area contributed by atoms with Crippen LogP contribution in [-0.2, 0) is 20.9 Å². The maximum Gasteiger partial charge on any atom is 0.242 e. The molecule has 2 amide bonds. The molecule has 32 heavy (non-hydrogen) atoms. The predicted octanol–water partition coefficient (Wildman–Crippen LogP) is 3.03. The number of anilines is 1. The van der Waals surface area contributed by atoms with Gasteiger partial charge in [0.05, 0.1) is 24.2 Å². The van der Waals surface area contributed by atoms with E-state index in [0.717, 1.165) is 33.7 Å². The average Bonchev–Trinajstić information content (AvgIpc) is 3.35. The molecule has 2 aromatic carbocycles. The van der Waals surface area contributed by atoms with Crippen molar-refractivity contribution < 1.29 is 14.3 Å². The molecule has 3 aromatic rings. The number of aryl methyl sites for hydroxylation is 2. The molecule has 0 unspecified atom stereocenters. The zero-order valence-electron chi connectivity index (χ0n) is 18.6. The average molecular weight is 433 g/mol. The fourth-order valence-corrected chi connectivity index (χ4v) is 4.95. The molecule has 0 saturated carbocycles. The molecule has 0 N–H and O–H groups in total.